The highest BCUT2D eigenvalue weighted by Crippen LogP contribution is 2.38. The molecule has 2 aliphatic rings. The molecule has 1 saturated carbocycles. The van der Waals surface area contributed by atoms with Crippen molar-refractivity contribution in [2.75, 3.05) is 6.61 Å². The molecule has 126 valence electrons. The van der Waals surface area contributed by atoms with E-state index in [9.17, 15) is 9.59 Å². The number of hydrogen-bond acceptors (Lipinski definition) is 6. The smallest absolute Gasteiger partial charge is 0.328 e. The summed E-state index contributed by atoms with van der Waals surface area (Å²) in [4.78, 5) is 36.2. The molecule has 1 aliphatic heterocycles. The molecule has 0 saturated heterocycles. The summed E-state index contributed by atoms with van der Waals surface area (Å²) in [5.74, 6) is 1.05. The molecule has 1 aromatic rings. The molecule has 1 aliphatic carbocycles. The molecule has 3 N–H and O–H groups in total. The fourth-order valence-electron chi connectivity index (χ4n) is 3.21. The third-order valence-electron chi connectivity index (χ3n) is 4.72. The van der Waals surface area contributed by atoms with E-state index in [-0.39, 0.29) is 18.7 Å². The van der Waals surface area contributed by atoms with Gasteiger partial charge in [0.05, 0.1) is 13.2 Å². The summed E-state index contributed by atoms with van der Waals surface area (Å²) in [6, 6.07) is 0. The lowest BCUT2D eigenvalue weighted by Crippen LogP contribution is -2.37. The largest absolute Gasteiger partial charge is 0.395 e. The summed E-state index contributed by atoms with van der Waals surface area (Å²) in [5, 5.41) is 8.99. The number of hydroxylamine groups is 1. The van der Waals surface area contributed by atoms with Gasteiger partial charge in [-0.05, 0) is 31.6 Å². The zero-order chi connectivity index (χ0) is 16.4. The summed E-state index contributed by atoms with van der Waals surface area (Å²) in [7, 11) is 0. The predicted octanol–water partition coefficient (Wildman–Crippen LogP) is 0.107. The van der Waals surface area contributed by atoms with Gasteiger partial charge in [0, 0.05) is 6.20 Å². The standard InChI is InChI=1S/C15H22N4O4/c1-2-10-3-5-15(6-4-10)17-12(18-23-15)11-9-19(7-8-20)14(22)16-13(11)21/h9-10,20H,2-8H2,1H3,(H,17,18)(H,16,21,22). The van der Waals surface area contributed by atoms with Gasteiger partial charge in [-0.1, -0.05) is 13.3 Å². The molecule has 3 rings (SSSR count). The molecular formula is C15H22N4O4. The van der Waals surface area contributed by atoms with Crippen molar-refractivity contribution in [2.45, 2.75) is 51.3 Å². The molecule has 0 amide bonds. The second kappa shape index (κ2) is 6.29. The van der Waals surface area contributed by atoms with Crippen LogP contribution in [0.4, 0.5) is 0 Å². The monoisotopic (exact) mass is 322 g/mol. The van der Waals surface area contributed by atoms with Crippen molar-refractivity contribution in [1.29, 1.82) is 0 Å². The van der Waals surface area contributed by atoms with E-state index in [0.717, 1.165) is 32.1 Å². The number of aliphatic imine (C=N–C) groups is 1. The first kappa shape index (κ1) is 15.9. The van der Waals surface area contributed by atoms with Crippen LogP contribution in [0, 0.1) is 5.92 Å². The first-order valence-corrected chi connectivity index (χ1v) is 8.06. The van der Waals surface area contributed by atoms with Gasteiger partial charge in [-0.25, -0.2) is 20.1 Å². The van der Waals surface area contributed by atoms with Crippen molar-refractivity contribution in [2.24, 2.45) is 10.9 Å². The fourth-order valence-corrected chi connectivity index (χ4v) is 3.21. The van der Waals surface area contributed by atoms with Gasteiger partial charge in [0.2, 0.25) is 0 Å². The van der Waals surface area contributed by atoms with Crippen LogP contribution < -0.4 is 16.7 Å². The van der Waals surface area contributed by atoms with Crippen LogP contribution in [0.3, 0.4) is 0 Å². The van der Waals surface area contributed by atoms with Crippen molar-refractivity contribution in [3.8, 4) is 0 Å². The number of nitrogens with one attached hydrogen (secondary N) is 2. The van der Waals surface area contributed by atoms with Crippen LogP contribution in [-0.4, -0.2) is 32.8 Å². The second-order valence-corrected chi connectivity index (χ2v) is 6.18. The van der Waals surface area contributed by atoms with Gasteiger partial charge >= 0.3 is 5.69 Å². The molecule has 23 heavy (non-hydrogen) atoms. The van der Waals surface area contributed by atoms with Gasteiger partial charge in [0.1, 0.15) is 5.56 Å². The Morgan fingerprint density at radius 1 is 1.43 bits per heavy atom. The number of aromatic nitrogens is 2. The van der Waals surface area contributed by atoms with Crippen molar-refractivity contribution in [1.82, 2.24) is 15.0 Å². The number of rotatable bonds is 4. The average molecular weight is 322 g/mol. The van der Waals surface area contributed by atoms with E-state index in [1.54, 1.807) is 0 Å². The van der Waals surface area contributed by atoms with Crippen molar-refractivity contribution >= 4 is 5.84 Å². The van der Waals surface area contributed by atoms with E-state index in [1.165, 1.54) is 10.8 Å². The summed E-state index contributed by atoms with van der Waals surface area (Å²) >= 11 is 0. The highest BCUT2D eigenvalue weighted by molar-refractivity contribution is 5.98. The third kappa shape index (κ3) is 3.09. The van der Waals surface area contributed by atoms with Gasteiger partial charge in [0.25, 0.3) is 5.56 Å². The zero-order valence-electron chi connectivity index (χ0n) is 13.2. The maximum Gasteiger partial charge on any atom is 0.328 e. The minimum absolute atomic E-state index is 0.111. The Bertz CT molecular complexity index is 713. The number of amidine groups is 1. The normalized spacial score (nSPS) is 27.0. The van der Waals surface area contributed by atoms with E-state index < -0.39 is 17.0 Å². The minimum Gasteiger partial charge on any atom is -0.395 e. The van der Waals surface area contributed by atoms with Crippen LogP contribution in [0.25, 0.3) is 0 Å². The number of aliphatic hydroxyl groups is 1. The molecule has 0 atom stereocenters. The lowest BCUT2D eigenvalue weighted by atomic mass is 9.82. The summed E-state index contributed by atoms with van der Waals surface area (Å²) in [5.41, 5.74) is 1.32. The van der Waals surface area contributed by atoms with Crippen LogP contribution in [0.15, 0.2) is 20.8 Å². The number of aromatic amines is 1. The van der Waals surface area contributed by atoms with Crippen LogP contribution in [0.1, 0.15) is 44.6 Å². The molecule has 1 spiro atoms. The van der Waals surface area contributed by atoms with Crippen molar-refractivity contribution < 1.29 is 9.94 Å². The van der Waals surface area contributed by atoms with Gasteiger partial charge < -0.3 is 5.11 Å². The lowest BCUT2D eigenvalue weighted by molar-refractivity contribution is -0.0839. The van der Waals surface area contributed by atoms with Crippen LogP contribution in [-0.2, 0) is 11.4 Å². The van der Waals surface area contributed by atoms with E-state index in [0.29, 0.717) is 11.8 Å². The number of nitrogens with zero attached hydrogens (tertiary/aromatic N) is 2. The second-order valence-electron chi connectivity index (χ2n) is 6.18. The number of H-pyrrole nitrogens is 1. The first-order valence-electron chi connectivity index (χ1n) is 8.06. The molecule has 0 radical (unpaired) electrons. The number of hydrogen-bond donors (Lipinski definition) is 3. The van der Waals surface area contributed by atoms with E-state index in [1.807, 2.05) is 0 Å². The maximum atomic E-state index is 12.0. The average Bonchev–Trinajstić information content (AvgIpc) is 2.94. The highest BCUT2D eigenvalue weighted by atomic mass is 16.7. The molecule has 8 nitrogen and oxygen atoms in total. The number of aliphatic hydroxyl groups excluding tert-OH is 1. The Morgan fingerprint density at radius 3 is 2.83 bits per heavy atom. The molecule has 0 bridgehead atoms. The molecule has 1 aromatic heterocycles. The maximum absolute atomic E-state index is 12.0. The SMILES string of the molecule is CCC1CCC2(CC1)N=C(c1cn(CCO)c(=O)[nH]c1=O)NO2. The Hall–Kier alpha value is -1.93. The summed E-state index contributed by atoms with van der Waals surface area (Å²) in [6.45, 7) is 2.11. The molecule has 0 aromatic carbocycles. The third-order valence-corrected chi connectivity index (χ3v) is 4.72. The van der Waals surface area contributed by atoms with Gasteiger partial charge in [-0.3, -0.25) is 14.3 Å². The summed E-state index contributed by atoms with van der Waals surface area (Å²) in [6.07, 6.45) is 6.30. The minimum atomic E-state index is -0.606. The molecular weight excluding hydrogens is 300 g/mol. The van der Waals surface area contributed by atoms with Crippen LogP contribution in [0.2, 0.25) is 0 Å². The van der Waals surface area contributed by atoms with E-state index in [4.69, 9.17) is 9.94 Å². The Morgan fingerprint density at radius 2 is 2.17 bits per heavy atom. The molecule has 2 heterocycles. The molecule has 8 heteroatoms. The molecule has 1 fully saturated rings. The van der Waals surface area contributed by atoms with E-state index in [2.05, 4.69) is 22.4 Å². The zero-order valence-corrected chi connectivity index (χ0v) is 13.2. The topological polar surface area (TPSA) is 109 Å². The van der Waals surface area contributed by atoms with Crippen LogP contribution >= 0.6 is 0 Å². The first-order chi connectivity index (χ1) is 11.1. The van der Waals surface area contributed by atoms with Crippen molar-refractivity contribution in [3.05, 3.63) is 32.6 Å². The quantitative estimate of drug-likeness (QED) is 0.729. The highest BCUT2D eigenvalue weighted by Gasteiger charge is 2.41. The van der Waals surface area contributed by atoms with Gasteiger partial charge in [0.15, 0.2) is 11.6 Å². The summed E-state index contributed by atoms with van der Waals surface area (Å²) < 4.78 is 1.25. The Labute approximate surface area is 133 Å². The van der Waals surface area contributed by atoms with Crippen molar-refractivity contribution in [3.63, 3.8) is 0 Å². The Kier molecular flexibility index (Phi) is 4.36. The molecule has 0 unspecified atom stereocenters. The fraction of sp³-hybridized carbons (Fsp3) is 0.667. The lowest BCUT2D eigenvalue weighted by Gasteiger charge is -2.32. The van der Waals surface area contributed by atoms with Gasteiger partial charge in [-0.15, -0.1) is 0 Å². The Balaban J connectivity index is 1.88. The van der Waals surface area contributed by atoms with Gasteiger partial charge in [-0.2, -0.15) is 0 Å². The van der Waals surface area contributed by atoms with Crippen LogP contribution in [0.5, 0.6) is 0 Å². The van der Waals surface area contributed by atoms with E-state index >= 15 is 0 Å². The predicted molar refractivity (Wildman–Crippen MR) is 84.1 cm³/mol.